The summed E-state index contributed by atoms with van der Waals surface area (Å²) >= 11 is 0. The summed E-state index contributed by atoms with van der Waals surface area (Å²) < 4.78 is 27.6. The molecule has 0 atom stereocenters. The Kier molecular flexibility index (Phi) is 5.36. The molecule has 0 bridgehead atoms. The highest BCUT2D eigenvalue weighted by atomic mass is 32.2. The number of aryl methyl sites for hydroxylation is 2. The first-order valence-corrected chi connectivity index (χ1v) is 10.0. The first kappa shape index (κ1) is 18.8. The number of nitrogens with zero attached hydrogens (tertiary/aromatic N) is 2. The van der Waals surface area contributed by atoms with E-state index in [-0.39, 0.29) is 24.3 Å². The Balaban J connectivity index is 1.63. The van der Waals surface area contributed by atoms with Gasteiger partial charge in [0.15, 0.2) is 0 Å². The van der Waals surface area contributed by atoms with E-state index in [2.05, 4.69) is 4.98 Å². The Labute approximate surface area is 156 Å². The smallest absolute Gasteiger partial charge is 0.261 e. The van der Waals surface area contributed by atoms with Crippen molar-refractivity contribution in [1.82, 2.24) is 14.3 Å². The summed E-state index contributed by atoms with van der Waals surface area (Å²) in [5.41, 5.74) is 1.92. The number of hydrogen-bond donors (Lipinski definition) is 1. The van der Waals surface area contributed by atoms with E-state index in [1.54, 1.807) is 36.4 Å². The zero-order chi connectivity index (χ0) is 19.4. The van der Waals surface area contributed by atoms with Gasteiger partial charge in [0.05, 0.1) is 23.0 Å². The Hall–Kier alpha value is -3.00. The zero-order valence-corrected chi connectivity index (χ0v) is 15.6. The molecule has 1 amide bonds. The third-order valence-corrected chi connectivity index (χ3v) is 5.31. The van der Waals surface area contributed by atoms with Gasteiger partial charge in [0.2, 0.25) is 15.9 Å². The number of aromatic nitrogens is 2. The second-order valence-corrected chi connectivity index (χ2v) is 8.00. The minimum atomic E-state index is -3.80. The predicted molar refractivity (Wildman–Crippen MR) is 103 cm³/mol. The summed E-state index contributed by atoms with van der Waals surface area (Å²) in [7, 11) is -3.80. The van der Waals surface area contributed by atoms with E-state index in [0.717, 1.165) is 5.56 Å². The zero-order valence-electron chi connectivity index (χ0n) is 14.8. The molecule has 27 heavy (non-hydrogen) atoms. The molecule has 0 spiro atoms. The number of rotatable bonds is 6. The normalized spacial score (nSPS) is 11.4. The van der Waals surface area contributed by atoms with E-state index < -0.39 is 15.9 Å². The number of benzene rings is 2. The van der Waals surface area contributed by atoms with Crippen molar-refractivity contribution in [2.24, 2.45) is 0 Å². The van der Waals surface area contributed by atoms with Gasteiger partial charge in [-0.2, -0.15) is 0 Å². The molecule has 1 aromatic heterocycles. The number of nitrogens with one attached hydrogen (secondary N) is 1. The SMILES string of the molecule is Cc1ccc(CS(=O)(=O)NC(=O)CCn2cnc3ccccc3c2=O)cc1. The number of para-hydroxylation sites is 1. The van der Waals surface area contributed by atoms with E-state index in [1.165, 1.54) is 10.9 Å². The summed E-state index contributed by atoms with van der Waals surface area (Å²) in [6, 6.07) is 13.9. The fraction of sp³-hybridized carbons (Fsp3) is 0.211. The van der Waals surface area contributed by atoms with Gasteiger partial charge < -0.3 is 0 Å². The number of carbonyl (C=O) groups is 1. The molecule has 1 N–H and O–H groups in total. The number of hydrogen-bond acceptors (Lipinski definition) is 5. The Morgan fingerprint density at radius 2 is 1.81 bits per heavy atom. The largest absolute Gasteiger partial charge is 0.298 e. The minimum absolute atomic E-state index is 0.0442. The van der Waals surface area contributed by atoms with Crippen LogP contribution in [0.1, 0.15) is 17.5 Å². The Morgan fingerprint density at radius 3 is 2.56 bits per heavy atom. The molecular weight excluding hydrogens is 366 g/mol. The van der Waals surface area contributed by atoms with Gasteiger partial charge in [-0.25, -0.2) is 13.4 Å². The van der Waals surface area contributed by atoms with E-state index in [9.17, 15) is 18.0 Å². The maximum Gasteiger partial charge on any atom is 0.261 e. The van der Waals surface area contributed by atoms with Crippen LogP contribution in [0, 0.1) is 6.92 Å². The number of amides is 1. The lowest BCUT2D eigenvalue weighted by atomic mass is 10.2. The van der Waals surface area contributed by atoms with Crippen molar-refractivity contribution in [2.45, 2.75) is 25.6 Å². The maximum atomic E-state index is 12.4. The molecule has 1 heterocycles. The summed E-state index contributed by atoms with van der Waals surface area (Å²) in [4.78, 5) is 28.6. The van der Waals surface area contributed by atoms with Gasteiger partial charge >= 0.3 is 0 Å². The topological polar surface area (TPSA) is 98.1 Å². The van der Waals surface area contributed by atoms with Crippen molar-refractivity contribution in [1.29, 1.82) is 0 Å². The number of fused-ring (bicyclic) bond motifs is 1. The molecule has 0 aliphatic carbocycles. The van der Waals surface area contributed by atoms with Gasteiger partial charge in [0.1, 0.15) is 0 Å². The molecule has 140 valence electrons. The van der Waals surface area contributed by atoms with Crippen LogP contribution in [-0.2, 0) is 27.1 Å². The molecule has 3 rings (SSSR count). The highest BCUT2D eigenvalue weighted by molar-refractivity contribution is 7.89. The lowest BCUT2D eigenvalue weighted by molar-refractivity contribution is -0.119. The second kappa shape index (κ2) is 7.71. The first-order chi connectivity index (χ1) is 12.8. The van der Waals surface area contributed by atoms with Gasteiger partial charge in [-0.3, -0.25) is 18.9 Å². The van der Waals surface area contributed by atoms with Crippen molar-refractivity contribution in [3.05, 3.63) is 76.3 Å². The van der Waals surface area contributed by atoms with Gasteiger partial charge in [-0.15, -0.1) is 0 Å². The molecule has 8 heteroatoms. The van der Waals surface area contributed by atoms with Crippen LogP contribution >= 0.6 is 0 Å². The van der Waals surface area contributed by atoms with Crippen molar-refractivity contribution >= 4 is 26.8 Å². The van der Waals surface area contributed by atoms with Crippen molar-refractivity contribution in [2.75, 3.05) is 0 Å². The van der Waals surface area contributed by atoms with Crippen LogP contribution in [0.4, 0.5) is 0 Å². The average Bonchev–Trinajstić information content (AvgIpc) is 2.63. The van der Waals surface area contributed by atoms with E-state index >= 15 is 0 Å². The minimum Gasteiger partial charge on any atom is -0.298 e. The fourth-order valence-corrected chi connectivity index (χ4v) is 3.80. The first-order valence-electron chi connectivity index (χ1n) is 8.37. The van der Waals surface area contributed by atoms with Crippen LogP contribution < -0.4 is 10.3 Å². The molecular formula is C19H19N3O4S. The maximum absolute atomic E-state index is 12.4. The van der Waals surface area contributed by atoms with Crippen LogP contribution in [0.25, 0.3) is 10.9 Å². The summed E-state index contributed by atoms with van der Waals surface area (Å²) in [5.74, 6) is -0.946. The molecule has 0 fully saturated rings. The number of sulfonamides is 1. The lowest BCUT2D eigenvalue weighted by Gasteiger charge is -2.09. The Bertz CT molecular complexity index is 1140. The molecule has 2 aromatic carbocycles. The highest BCUT2D eigenvalue weighted by Gasteiger charge is 2.16. The van der Waals surface area contributed by atoms with E-state index in [0.29, 0.717) is 16.5 Å². The van der Waals surface area contributed by atoms with E-state index in [1.807, 2.05) is 23.8 Å². The Morgan fingerprint density at radius 1 is 1.11 bits per heavy atom. The van der Waals surface area contributed by atoms with Gasteiger partial charge in [0, 0.05) is 13.0 Å². The van der Waals surface area contributed by atoms with Crippen LogP contribution in [0.5, 0.6) is 0 Å². The second-order valence-electron chi connectivity index (χ2n) is 6.28. The molecule has 0 aliphatic rings. The van der Waals surface area contributed by atoms with Gasteiger partial charge in [-0.05, 0) is 24.6 Å². The monoisotopic (exact) mass is 385 g/mol. The van der Waals surface area contributed by atoms with Crippen molar-refractivity contribution in [3.63, 3.8) is 0 Å². The third-order valence-electron chi connectivity index (χ3n) is 4.06. The summed E-state index contributed by atoms with van der Waals surface area (Å²) in [6.45, 7) is 1.95. The molecule has 3 aromatic rings. The third kappa shape index (κ3) is 4.79. The van der Waals surface area contributed by atoms with Crippen molar-refractivity contribution in [3.8, 4) is 0 Å². The van der Waals surface area contributed by atoms with Crippen molar-refractivity contribution < 1.29 is 13.2 Å². The molecule has 0 unspecified atom stereocenters. The van der Waals surface area contributed by atoms with Crippen LogP contribution in [0.2, 0.25) is 0 Å². The van der Waals surface area contributed by atoms with Gasteiger partial charge in [0.25, 0.3) is 5.56 Å². The summed E-state index contributed by atoms with van der Waals surface area (Å²) in [5, 5.41) is 0.451. The molecule has 0 radical (unpaired) electrons. The molecule has 7 nitrogen and oxygen atoms in total. The van der Waals surface area contributed by atoms with Crippen LogP contribution in [-0.4, -0.2) is 23.9 Å². The molecule has 0 saturated carbocycles. The summed E-state index contributed by atoms with van der Waals surface area (Å²) in [6.07, 6.45) is 1.21. The molecule has 0 aliphatic heterocycles. The number of carbonyl (C=O) groups excluding carboxylic acids is 1. The van der Waals surface area contributed by atoms with Crippen LogP contribution in [0.3, 0.4) is 0 Å². The highest BCUT2D eigenvalue weighted by Crippen LogP contribution is 2.08. The van der Waals surface area contributed by atoms with Crippen LogP contribution in [0.15, 0.2) is 59.7 Å². The van der Waals surface area contributed by atoms with Gasteiger partial charge in [-0.1, -0.05) is 42.0 Å². The standard InChI is InChI=1S/C19H19N3O4S/c1-14-6-8-15(9-7-14)12-27(25,26)21-18(23)10-11-22-13-20-17-5-3-2-4-16(17)19(22)24/h2-9,13H,10-12H2,1H3,(H,21,23). The quantitative estimate of drug-likeness (QED) is 0.697. The van der Waals surface area contributed by atoms with E-state index in [4.69, 9.17) is 0 Å². The predicted octanol–water partition coefficient (Wildman–Crippen LogP) is 1.74. The fourth-order valence-electron chi connectivity index (χ4n) is 2.65. The lowest BCUT2D eigenvalue weighted by Crippen LogP contribution is -2.33. The average molecular weight is 385 g/mol. The molecule has 0 saturated heterocycles.